The highest BCUT2D eigenvalue weighted by Gasteiger charge is 2.27. The van der Waals surface area contributed by atoms with Crippen molar-refractivity contribution in [1.82, 2.24) is 9.80 Å². The van der Waals surface area contributed by atoms with Crippen LogP contribution in [-0.2, 0) is 6.61 Å². The quantitative estimate of drug-likeness (QED) is 0.800. The summed E-state index contributed by atoms with van der Waals surface area (Å²) >= 11 is 0. The second-order valence-electron chi connectivity index (χ2n) is 7.33. The number of ether oxygens (including phenoxy) is 1. The van der Waals surface area contributed by atoms with Gasteiger partial charge in [0.2, 0.25) is 0 Å². The van der Waals surface area contributed by atoms with E-state index in [1.165, 1.54) is 19.4 Å². The molecule has 4 nitrogen and oxygen atoms in total. The lowest BCUT2D eigenvalue weighted by atomic mass is 10.1. The maximum Gasteiger partial charge on any atom is 0.253 e. The third-order valence-corrected chi connectivity index (χ3v) is 5.22. The monoisotopic (exact) mass is 350 g/mol. The lowest BCUT2D eigenvalue weighted by molar-refractivity contribution is 0.0632. The average molecular weight is 350 g/mol. The Morgan fingerprint density at radius 2 is 1.62 bits per heavy atom. The summed E-state index contributed by atoms with van der Waals surface area (Å²) in [6.07, 6.45) is 2.77. The first-order valence-corrected chi connectivity index (χ1v) is 9.56. The Labute approximate surface area is 155 Å². The van der Waals surface area contributed by atoms with Crippen molar-refractivity contribution in [3.05, 3.63) is 65.7 Å². The zero-order valence-electron chi connectivity index (χ0n) is 15.1. The maximum absolute atomic E-state index is 12.7. The summed E-state index contributed by atoms with van der Waals surface area (Å²) in [6.45, 7) is 5.42. The van der Waals surface area contributed by atoms with Gasteiger partial charge < -0.3 is 9.64 Å². The van der Waals surface area contributed by atoms with Crippen molar-refractivity contribution in [1.29, 1.82) is 0 Å². The first kappa shape index (κ1) is 17.1. The summed E-state index contributed by atoms with van der Waals surface area (Å²) in [6, 6.07) is 17.6. The molecule has 4 rings (SSSR count). The standard InChI is InChI=1S/C22H26N2O2/c25-22(24-14-12-23(13-15-24)16-18-6-7-18)20-8-10-21(11-9-20)26-17-19-4-2-1-3-5-19/h1-5,8-11,18H,6-7,12-17H2. The summed E-state index contributed by atoms with van der Waals surface area (Å²) in [5.74, 6) is 1.84. The second-order valence-corrected chi connectivity index (χ2v) is 7.33. The van der Waals surface area contributed by atoms with Gasteiger partial charge in [-0.3, -0.25) is 9.69 Å². The minimum absolute atomic E-state index is 0.130. The highest BCUT2D eigenvalue weighted by atomic mass is 16.5. The van der Waals surface area contributed by atoms with E-state index < -0.39 is 0 Å². The van der Waals surface area contributed by atoms with Crippen LogP contribution in [0.5, 0.6) is 5.75 Å². The number of carbonyl (C=O) groups excluding carboxylic acids is 1. The van der Waals surface area contributed by atoms with E-state index in [0.717, 1.165) is 49.0 Å². The molecule has 1 aliphatic carbocycles. The summed E-state index contributed by atoms with van der Waals surface area (Å²) < 4.78 is 5.80. The van der Waals surface area contributed by atoms with E-state index in [4.69, 9.17) is 4.74 Å². The fraction of sp³-hybridized carbons (Fsp3) is 0.409. The van der Waals surface area contributed by atoms with Crippen LogP contribution < -0.4 is 4.74 Å². The molecule has 0 atom stereocenters. The van der Waals surface area contributed by atoms with Gasteiger partial charge in [-0.1, -0.05) is 30.3 Å². The fourth-order valence-corrected chi connectivity index (χ4v) is 3.42. The molecule has 1 amide bonds. The topological polar surface area (TPSA) is 32.8 Å². The largest absolute Gasteiger partial charge is 0.489 e. The predicted octanol–water partition coefficient (Wildman–Crippen LogP) is 3.43. The van der Waals surface area contributed by atoms with Gasteiger partial charge in [-0.15, -0.1) is 0 Å². The molecule has 2 aromatic rings. The molecule has 0 spiro atoms. The van der Waals surface area contributed by atoms with Gasteiger partial charge in [0.1, 0.15) is 12.4 Å². The van der Waals surface area contributed by atoms with Crippen molar-refractivity contribution < 1.29 is 9.53 Å². The number of rotatable bonds is 6. The zero-order valence-corrected chi connectivity index (χ0v) is 15.1. The molecular weight excluding hydrogens is 324 g/mol. The van der Waals surface area contributed by atoms with Crippen LogP contribution in [0.2, 0.25) is 0 Å². The second kappa shape index (κ2) is 7.92. The van der Waals surface area contributed by atoms with Crippen LogP contribution in [0.3, 0.4) is 0 Å². The Balaban J connectivity index is 1.28. The number of nitrogens with zero attached hydrogens (tertiary/aromatic N) is 2. The third kappa shape index (κ3) is 4.44. The molecule has 1 saturated heterocycles. The highest BCUT2D eigenvalue weighted by Crippen LogP contribution is 2.30. The van der Waals surface area contributed by atoms with Crippen molar-refractivity contribution in [2.24, 2.45) is 5.92 Å². The van der Waals surface area contributed by atoms with Crippen LogP contribution >= 0.6 is 0 Å². The molecule has 0 unspecified atom stereocenters. The van der Waals surface area contributed by atoms with Gasteiger partial charge in [-0.2, -0.15) is 0 Å². The van der Waals surface area contributed by atoms with Crippen molar-refractivity contribution in [2.45, 2.75) is 19.4 Å². The Morgan fingerprint density at radius 1 is 0.923 bits per heavy atom. The molecule has 2 fully saturated rings. The van der Waals surface area contributed by atoms with E-state index in [9.17, 15) is 4.79 Å². The molecule has 0 aromatic heterocycles. The molecule has 26 heavy (non-hydrogen) atoms. The van der Waals surface area contributed by atoms with E-state index in [1.807, 2.05) is 59.5 Å². The van der Waals surface area contributed by atoms with Crippen LogP contribution in [-0.4, -0.2) is 48.4 Å². The van der Waals surface area contributed by atoms with Gasteiger partial charge in [0.15, 0.2) is 0 Å². The number of hydrogen-bond donors (Lipinski definition) is 0. The van der Waals surface area contributed by atoms with E-state index in [0.29, 0.717) is 6.61 Å². The fourth-order valence-electron chi connectivity index (χ4n) is 3.42. The average Bonchev–Trinajstić information content (AvgIpc) is 3.52. The van der Waals surface area contributed by atoms with Crippen LogP contribution in [0.25, 0.3) is 0 Å². The number of carbonyl (C=O) groups is 1. The lowest BCUT2D eigenvalue weighted by Gasteiger charge is -2.34. The number of hydrogen-bond acceptors (Lipinski definition) is 3. The third-order valence-electron chi connectivity index (χ3n) is 5.22. The maximum atomic E-state index is 12.7. The Hall–Kier alpha value is -2.33. The van der Waals surface area contributed by atoms with Crippen molar-refractivity contribution >= 4 is 5.91 Å². The first-order chi connectivity index (χ1) is 12.8. The van der Waals surface area contributed by atoms with Crippen LogP contribution in [0.4, 0.5) is 0 Å². The first-order valence-electron chi connectivity index (χ1n) is 9.56. The smallest absolute Gasteiger partial charge is 0.253 e. The van der Waals surface area contributed by atoms with Crippen molar-refractivity contribution in [3.63, 3.8) is 0 Å². The molecule has 0 bridgehead atoms. The molecule has 1 aliphatic heterocycles. The molecule has 4 heteroatoms. The van der Waals surface area contributed by atoms with Gasteiger partial charge in [-0.25, -0.2) is 0 Å². The van der Waals surface area contributed by atoms with Gasteiger partial charge in [-0.05, 0) is 48.6 Å². The molecule has 2 aromatic carbocycles. The Bertz CT molecular complexity index is 718. The van der Waals surface area contributed by atoms with Crippen LogP contribution in [0.15, 0.2) is 54.6 Å². The Kier molecular flexibility index (Phi) is 5.21. The minimum Gasteiger partial charge on any atom is -0.489 e. The number of piperazine rings is 1. The molecule has 1 saturated carbocycles. The van der Waals surface area contributed by atoms with Crippen molar-refractivity contribution in [2.75, 3.05) is 32.7 Å². The van der Waals surface area contributed by atoms with Gasteiger partial charge >= 0.3 is 0 Å². The summed E-state index contributed by atoms with van der Waals surface area (Å²) in [5.41, 5.74) is 1.88. The summed E-state index contributed by atoms with van der Waals surface area (Å²) in [4.78, 5) is 17.2. The van der Waals surface area contributed by atoms with E-state index in [1.54, 1.807) is 0 Å². The van der Waals surface area contributed by atoms with Gasteiger partial charge in [0, 0.05) is 38.3 Å². The lowest BCUT2D eigenvalue weighted by Crippen LogP contribution is -2.49. The van der Waals surface area contributed by atoms with Gasteiger partial charge in [0.25, 0.3) is 5.91 Å². The number of amides is 1. The number of benzene rings is 2. The van der Waals surface area contributed by atoms with Crippen molar-refractivity contribution in [3.8, 4) is 5.75 Å². The molecule has 0 radical (unpaired) electrons. The molecule has 2 aliphatic rings. The SMILES string of the molecule is O=C(c1ccc(OCc2ccccc2)cc1)N1CCN(CC2CC2)CC1. The molecule has 136 valence electrons. The summed E-state index contributed by atoms with van der Waals surface area (Å²) in [7, 11) is 0. The predicted molar refractivity (Wildman–Crippen MR) is 102 cm³/mol. The van der Waals surface area contributed by atoms with Crippen LogP contribution in [0, 0.1) is 5.92 Å². The minimum atomic E-state index is 0.130. The van der Waals surface area contributed by atoms with Gasteiger partial charge in [0.05, 0.1) is 0 Å². The molecular formula is C22H26N2O2. The molecule has 1 heterocycles. The van der Waals surface area contributed by atoms with E-state index in [-0.39, 0.29) is 5.91 Å². The van der Waals surface area contributed by atoms with E-state index in [2.05, 4.69) is 4.90 Å². The normalized spacial score (nSPS) is 17.9. The van der Waals surface area contributed by atoms with Crippen LogP contribution in [0.1, 0.15) is 28.8 Å². The van der Waals surface area contributed by atoms with E-state index >= 15 is 0 Å². The molecule has 0 N–H and O–H groups in total. The summed E-state index contributed by atoms with van der Waals surface area (Å²) in [5, 5.41) is 0. The Morgan fingerprint density at radius 3 is 2.27 bits per heavy atom. The zero-order chi connectivity index (χ0) is 17.8. The highest BCUT2D eigenvalue weighted by molar-refractivity contribution is 5.94.